The molecule has 0 saturated carbocycles. The van der Waals surface area contributed by atoms with Crippen LogP contribution < -0.4 is 0 Å². The minimum Gasteiger partial charge on any atom is -0.478 e. The van der Waals surface area contributed by atoms with Gasteiger partial charge in [0, 0.05) is 12.2 Å². The molecule has 0 aromatic carbocycles. The van der Waals surface area contributed by atoms with Crippen LogP contribution in [0.3, 0.4) is 0 Å². The number of unbranched alkanes of at least 4 members (excludes halogenated alkanes) is 3. The van der Waals surface area contributed by atoms with Gasteiger partial charge in [0.05, 0.1) is 0 Å². The third-order valence-corrected chi connectivity index (χ3v) is 1.74. The molecular formula is C12H16O4. The zero-order valence-corrected chi connectivity index (χ0v) is 9.00. The fraction of sp³-hybridized carbons (Fsp3) is 0.333. The fourth-order valence-electron chi connectivity index (χ4n) is 1.02. The summed E-state index contributed by atoms with van der Waals surface area (Å²) in [5.41, 5.74) is 0. The molecule has 4 nitrogen and oxygen atoms in total. The zero-order chi connectivity index (χ0) is 12.2. The third kappa shape index (κ3) is 12.2. The maximum Gasteiger partial charge on any atom is 0.328 e. The Bertz CT molecular complexity index is 300. The second-order valence-electron chi connectivity index (χ2n) is 3.15. The highest BCUT2D eigenvalue weighted by Crippen LogP contribution is 2.01. The molecule has 0 bridgehead atoms. The van der Waals surface area contributed by atoms with E-state index in [0.717, 1.165) is 37.8 Å². The molecule has 0 aliphatic rings. The van der Waals surface area contributed by atoms with Crippen molar-refractivity contribution in [3.8, 4) is 0 Å². The molecular weight excluding hydrogens is 208 g/mol. The lowest BCUT2D eigenvalue weighted by atomic mass is 10.2. The first-order valence-corrected chi connectivity index (χ1v) is 5.08. The van der Waals surface area contributed by atoms with Crippen LogP contribution in [0.4, 0.5) is 0 Å². The molecule has 0 rings (SSSR count). The number of hydrogen-bond donors (Lipinski definition) is 2. The van der Waals surface area contributed by atoms with Crippen LogP contribution in [0.2, 0.25) is 0 Å². The van der Waals surface area contributed by atoms with E-state index in [1.807, 2.05) is 6.08 Å². The van der Waals surface area contributed by atoms with Crippen LogP contribution in [0.25, 0.3) is 0 Å². The average molecular weight is 224 g/mol. The van der Waals surface area contributed by atoms with Gasteiger partial charge in [0.1, 0.15) is 0 Å². The summed E-state index contributed by atoms with van der Waals surface area (Å²) >= 11 is 0. The van der Waals surface area contributed by atoms with E-state index in [1.165, 1.54) is 6.08 Å². The summed E-state index contributed by atoms with van der Waals surface area (Å²) in [5.74, 6) is -1.87. The zero-order valence-electron chi connectivity index (χ0n) is 9.00. The molecule has 88 valence electrons. The lowest BCUT2D eigenvalue weighted by Crippen LogP contribution is -1.85. The van der Waals surface area contributed by atoms with Crippen molar-refractivity contribution in [3.63, 3.8) is 0 Å². The number of carbonyl (C=O) groups is 2. The van der Waals surface area contributed by atoms with E-state index >= 15 is 0 Å². The van der Waals surface area contributed by atoms with Gasteiger partial charge in [-0.05, 0) is 25.7 Å². The molecule has 0 unspecified atom stereocenters. The van der Waals surface area contributed by atoms with E-state index in [4.69, 9.17) is 10.2 Å². The van der Waals surface area contributed by atoms with E-state index < -0.39 is 11.9 Å². The highest BCUT2D eigenvalue weighted by Gasteiger charge is 1.86. The van der Waals surface area contributed by atoms with E-state index in [-0.39, 0.29) is 0 Å². The summed E-state index contributed by atoms with van der Waals surface area (Å²) < 4.78 is 0. The molecule has 0 amide bonds. The van der Waals surface area contributed by atoms with Crippen molar-refractivity contribution in [1.82, 2.24) is 0 Å². The molecule has 4 heteroatoms. The molecule has 0 saturated heterocycles. The lowest BCUT2D eigenvalue weighted by Gasteiger charge is -1.91. The van der Waals surface area contributed by atoms with Crippen molar-refractivity contribution in [1.29, 1.82) is 0 Å². The fourth-order valence-corrected chi connectivity index (χ4v) is 1.02. The van der Waals surface area contributed by atoms with E-state index in [9.17, 15) is 9.59 Å². The Morgan fingerprint density at radius 2 is 1.38 bits per heavy atom. The van der Waals surface area contributed by atoms with Crippen molar-refractivity contribution in [3.05, 3.63) is 36.5 Å². The van der Waals surface area contributed by atoms with Gasteiger partial charge in [-0.2, -0.15) is 0 Å². The number of carboxylic acid groups (broad SMARTS) is 2. The molecule has 0 aromatic rings. The molecule has 0 aliphatic heterocycles. The van der Waals surface area contributed by atoms with Crippen molar-refractivity contribution in [2.75, 3.05) is 0 Å². The van der Waals surface area contributed by atoms with Crippen molar-refractivity contribution in [2.45, 2.75) is 25.7 Å². The monoisotopic (exact) mass is 224 g/mol. The molecule has 16 heavy (non-hydrogen) atoms. The van der Waals surface area contributed by atoms with Crippen LogP contribution in [-0.2, 0) is 9.59 Å². The third-order valence-electron chi connectivity index (χ3n) is 1.74. The Hall–Kier alpha value is -1.84. The second kappa shape index (κ2) is 9.71. The van der Waals surface area contributed by atoms with Gasteiger partial charge in [-0.15, -0.1) is 0 Å². The van der Waals surface area contributed by atoms with Gasteiger partial charge >= 0.3 is 11.9 Å². The smallest absolute Gasteiger partial charge is 0.328 e. The molecule has 0 aliphatic carbocycles. The van der Waals surface area contributed by atoms with Gasteiger partial charge in [-0.25, -0.2) is 9.59 Å². The number of hydrogen-bond acceptors (Lipinski definition) is 2. The Morgan fingerprint density at radius 3 is 1.94 bits per heavy atom. The van der Waals surface area contributed by atoms with Gasteiger partial charge in [-0.3, -0.25) is 0 Å². The summed E-state index contributed by atoms with van der Waals surface area (Å²) in [4.78, 5) is 20.2. The number of carboxylic acids is 2. The maximum atomic E-state index is 10.1. The Balaban J connectivity index is 3.40. The Kier molecular flexibility index (Phi) is 8.59. The maximum absolute atomic E-state index is 10.1. The molecule has 0 radical (unpaired) electrons. The lowest BCUT2D eigenvalue weighted by molar-refractivity contribution is -0.132. The molecule has 2 N–H and O–H groups in total. The summed E-state index contributed by atoms with van der Waals surface area (Å²) in [5, 5.41) is 16.6. The molecule has 0 aromatic heterocycles. The standard InChI is InChI=1S/C12H16O4/c13-11(14)9-7-5-3-1-2-4-6-8-10-12(15)16/h3,5,7-10H,1-2,4,6H2,(H,13,14)(H,15,16). The summed E-state index contributed by atoms with van der Waals surface area (Å²) in [7, 11) is 0. The van der Waals surface area contributed by atoms with E-state index in [2.05, 4.69) is 0 Å². The largest absolute Gasteiger partial charge is 0.478 e. The number of rotatable bonds is 8. The molecule has 0 spiro atoms. The average Bonchev–Trinajstić information content (AvgIpc) is 2.20. The quantitative estimate of drug-likeness (QED) is 0.377. The molecule has 0 heterocycles. The summed E-state index contributed by atoms with van der Waals surface area (Å²) in [6.45, 7) is 0. The van der Waals surface area contributed by atoms with Gasteiger partial charge in [0.25, 0.3) is 0 Å². The second-order valence-corrected chi connectivity index (χ2v) is 3.15. The summed E-state index contributed by atoms with van der Waals surface area (Å²) in [6, 6.07) is 0. The number of aliphatic carboxylic acids is 2. The van der Waals surface area contributed by atoms with Crippen molar-refractivity contribution in [2.24, 2.45) is 0 Å². The SMILES string of the molecule is O=C(O)C=CC=CCCCCC=CC(=O)O. The van der Waals surface area contributed by atoms with Crippen molar-refractivity contribution < 1.29 is 19.8 Å². The predicted octanol–water partition coefficient (Wildman–Crippen LogP) is 2.38. The van der Waals surface area contributed by atoms with Gasteiger partial charge in [-0.1, -0.05) is 24.3 Å². The van der Waals surface area contributed by atoms with Gasteiger partial charge in [0.2, 0.25) is 0 Å². The predicted molar refractivity (Wildman–Crippen MR) is 61.2 cm³/mol. The highest BCUT2D eigenvalue weighted by atomic mass is 16.4. The topological polar surface area (TPSA) is 74.6 Å². The van der Waals surface area contributed by atoms with Crippen LogP contribution in [0.15, 0.2) is 36.5 Å². The Labute approximate surface area is 94.6 Å². The van der Waals surface area contributed by atoms with Gasteiger partial charge < -0.3 is 10.2 Å². The Morgan fingerprint density at radius 1 is 0.812 bits per heavy atom. The van der Waals surface area contributed by atoms with Crippen molar-refractivity contribution >= 4 is 11.9 Å². The van der Waals surface area contributed by atoms with Crippen LogP contribution in [0, 0.1) is 0 Å². The first-order chi connectivity index (χ1) is 7.63. The highest BCUT2D eigenvalue weighted by molar-refractivity contribution is 5.80. The van der Waals surface area contributed by atoms with Crippen LogP contribution >= 0.6 is 0 Å². The summed E-state index contributed by atoms with van der Waals surface area (Å²) in [6.07, 6.45) is 12.4. The van der Waals surface area contributed by atoms with Crippen LogP contribution in [0.1, 0.15) is 25.7 Å². The first kappa shape index (κ1) is 14.2. The van der Waals surface area contributed by atoms with E-state index in [0.29, 0.717) is 0 Å². The van der Waals surface area contributed by atoms with Crippen LogP contribution in [-0.4, -0.2) is 22.2 Å². The first-order valence-electron chi connectivity index (χ1n) is 5.08. The molecule has 0 fully saturated rings. The van der Waals surface area contributed by atoms with Gasteiger partial charge in [0.15, 0.2) is 0 Å². The number of allylic oxidation sites excluding steroid dienone is 4. The minimum absolute atomic E-state index is 0.755. The van der Waals surface area contributed by atoms with E-state index in [1.54, 1.807) is 12.2 Å². The minimum atomic E-state index is -0.955. The molecule has 0 atom stereocenters. The van der Waals surface area contributed by atoms with Crippen LogP contribution in [0.5, 0.6) is 0 Å². The normalized spacial score (nSPS) is 11.8.